The number of carbonyl (C=O) groups is 2. The van der Waals surface area contributed by atoms with Crippen LogP contribution in [0.25, 0.3) is 0 Å². The fourth-order valence-corrected chi connectivity index (χ4v) is 1.97. The molecule has 0 aliphatic rings. The van der Waals surface area contributed by atoms with Crippen LogP contribution in [-0.2, 0) is 11.3 Å². The normalized spacial score (nSPS) is 9.48. The first-order valence-electron chi connectivity index (χ1n) is 6.73. The van der Waals surface area contributed by atoms with Crippen molar-refractivity contribution < 1.29 is 14.3 Å². The fraction of sp³-hybridized carbons (Fsp3) is 0.188. The third-order valence-electron chi connectivity index (χ3n) is 2.96. The molecule has 6 nitrogen and oxygen atoms in total. The number of aromatic nitrogens is 1. The lowest BCUT2D eigenvalue weighted by atomic mass is 10.1. The topological polar surface area (TPSA) is 80.3 Å². The molecule has 0 bridgehead atoms. The number of hydrogen-bond acceptors (Lipinski definition) is 4. The van der Waals surface area contributed by atoms with Gasteiger partial charge >= 0.3 is 0 Å². The van der Waals surface area contributed by atoms with E-state index in [-0.39, 0.29) is 30.8 Å². The van der Waals surface area contributed by atoms with Gasteiger partial charge in [-0.15, -0.1) is 12.4 Å². The highest BCUT2D eigenvalue weighted by atomic mass is 35.5. The number of nitrogens with zero attached hydrogens (tertiary/aromatic N) is 1. The standard InChI is InChI=1S/C16H17N3O3.ClH/c1-11(20)19-14-5-6-15(22-2)13(8-14)10-18-16(21)12-4-3-7-17-9-12;/h3-9H,10H2,1-2H3,(H,18,21)(H,19,20);1H. The highest BCUT2D eigenvalue weighted by Crippen LogP contribution is 2.22. The molecule has 0 aliphatic heterocycles. The van der Waals surface area contributed by atoms with Crippen molar-refractivity contribution in [2.24, 2.45) is 0 Å². The third kappa shape index (κ3) is 5.27. The van der Waals surface area contributed by atoms with Crippen LogP contribution < -0.4 is 15.4 Å². The van der Waals surface area contributed by atoms with E-state index in [1.807, 2.05) is 0 Å². The second-order valence-corrected chi connectivity index (χ2v) is 4.63. The van der Waals surface area contributed by atoms with Gasteiger partial charge in [-0.1, -0.05) is 0 Å². The average Bonchev–Trinajstić information content (AvgIpc) is 2.53. The van der Waals surface area contributed by atoms with E-state index in [2.05, 4.69) is 15.6 Å². The predicted octanol–water partition coefficient (Wildman–Crippen LogP) is 2.40. The van der Waals surface area contributed by atoms with Crippen LogP contribution in [0.1, 0.15) is 22.8 Å². The molecule has 0 radical (unpaired) electrons. The number of pyridine rings is 1. The first-order valence-corrected chi connectivity index (χ1v) is 6.73. The molecule has 0 aliphatic carbocycles. The quantitative estimate of drug-likeness (QED) is 0.879. The molecule has 122 valence electrons. The predicted molar refractivity (Wildman–Crippen MR) is 90.0 cm³/mol. The lowest BCUT2D eigenvalue weighted by Crippen LogP contribution is -2.23. The Labute approximate surface area is 140 Å². The van der Waals surface area contributed by atoms with Crippen molar-refractivity contribution in [1.29, 1.82) is 0 Å². The number of nitrogens with one attached hydrogen (secondary N) is 2. The van der Waals surface area contributed by atoms with Crippen molar-refractivity contribution in [3.63, 3.8) is 0 Å². The first-order chi connectivity index (χ1) is 10.6. The number of benzene rings is 1. The Morgan fingerprint density at radius 1 is 1.26 bits per heavy atom. The summed E-state index contributed by atoms with van der Waals surface area (Å²) in [6.45, 7) is 1.72. The van der Waals surface area contributed by atoms with E-state index >= 15 is 0 Å². The Kier molecular flexibility index (Phi) is 7.02. The molecule has 1 heterocycles. The molecular formula is C16H18ClN3O3. The summed E-state index contributed by atoms with van der Waals surface area (Å²) in [6, 6.07) is 8.65. The van der Waals surface area contributed by atoms with E-state index in [4.69, 9.17) is 4.74 Å². The van der Waals surface area contributed by atoms with E-state index in [0.29, 0.717) is 17.0 Å². The Hall–Kier alpha value is -2.60. The van der Waals surface area contributed by atoms with Crippen LogP contribution in [0.5, 0.6) is 5.75 Å². The van der Waals surface area contributed by atoms with Crippen molar-refractivity contribution in [3.05, 3.63) is 53.9 Å². The summed E-state index contributed by atoms with van der Waals surface area (Å²) in [5, 5.41) is 5.50. The van der Waals surface area contributed by atoms with Crippen LogP contribution >= 0.6 is 12.4 Å². The van der Waals surface area contributed by atoms with Crippen molar-refractivity contribution in [2.45, 2.75) is 13.5 Å². The van der Waals surface area contributed by atoms with Gasteiger partial charge in [0.1, 0.15) is 5.75 Å². The summed E-state index contributed by atoms with van der Waals surface area (Å²) in [6.07, 6.45) is 3.11. The minimum atomic E-state index is -0.222. The summed E-state index contributed by atoms with van der Waals surface area (Å²) < 4.78 is 5.27. The van der Waals surface area contributed by atoms with Gasteiger partial charge in [-0.05, 0) is 30.3 Å². The van der Waals surface area contributed by atoms with E-state index in [1.54, 1.807) is 43.6 Å². The lowest BCUT2D eigenvalue weighted by molar-refractivity contribution is -0.114. The molecule has 1 aromatic heterocycles. The Morgan fingerprint density at radius 3 is 2.65 bits per heavy atom. The number of carbonyl (C=O) groups excluding carboxylic acids is 2. The first kappa shape index (κ1) is 18.4. The van der Waals surface area contributed by atoms with Gasteiger partial charge in [0.25, 0.3) is 5.91 Å². The van der Waals surface area contributed by atoms with Crippen LogP contribution in [0.4, 0.5) is 5.69 Å². The molecule has 23 heavy (non-hydrogen) atoms. The largest absolute Gasteiger partial charge is 0.496 e. The highest BCUT2D eigenvalue weighted by molar-refractivity contribution is 5.93. The zero-order valence-electron chi connectivity index (χ0n) is 12.8. The fourth-order valence-electron chi connectivity index (χ4n) is 1.97. The third-order valence-corrected chi connectivity index (χ3v) is 2.96. The molecule has 2 amide bonds. The summed E-state index contributed by atoms with van der Waals surface area (Å²) >= 11 is 0. The zero-order chi connectivity index (χ0) is 15.9. The van der Waals surface area contributed by atoms with Gasteiger partial charge in [-0.3, -0.25) is 14.6 Å². The van der Waals surface area contributed by atoms with Crippen molar-refractivity contribution >= 4 is 29.9 Å². The molecular weight excluding hydrogens is 318 g/mol. The van der Waals surface area contributed by atoms with Gasteiger partial charge in [0, 0.05) is 37.1 Å². The molecule has 2 rings (SSSR count). The van der Waals surface area contributed by atoms with Gasteiger partial charge in [0.05, 0.1) is 12.7 Å². The lowest BCUT2D eigenvalue weighted by Gasteiger charge is -2.12. The number of halogens is 1. The molecule has 0 unspecified atom stereocenters. The molecule has 2 N–H and O–H groups in total. The van der Waals surface area contributed by atoms with Gasteiger partial charge in [0.15, 0.2) is 0 Å². The summed E-state index contributed by atoms with van der Waals surface area (Å²) in [5.41, 5.74) is 1.91. The van der Waals surface area contributed by atoms with E-state index in [1.165, 1.54) is 13.1 Å². The van der Waals surface area contributed by atoms with Gasteiger partial charge in [-0.2, -0.15) is 0 Å². The Balaban J connectivity index is 0.00000264. The Morgan fingerprint density at radius 2 is 2.04 bits per heavy atom. The summed E-state index contributed by atoms with van der Waals surface area (Å²) in [7, 11) is 1.56. The van der Waals surface area contributed by atoms with E-state index in [9.17, 15) is 9.59 Å². The van der Waals surface area contributed by atoms with Crippen molar-refractivity contribution in [2.75, 3.05) is 12.4 Å². The number of hydrogen-bond donors (Lipinski definition) is 2. The zero-order valence-corrected chi connectivity index (χ0v) is 13.6. The van der Waals surface area contributed by atoms with Crippen LogP contribution in [-0.4, -0.2) is 23.9 Å². The second-order valence-electron chi connectivity index (χ2n) is 4.63. The van der Waals surface area contributed by atoms with E-state index in [0.717, 1.165) is 5.56 Å². The number of ether oxygens (including phenoxy) is 1. The molecule has 0 spiro atoms. The summed E-state index contributed by atoms with van der Waals surface area (Å²) in [5.74, 6) is 0.260. The van der Waals surface area contributed by atoms with Crippen molar-refractivity contribution in [1.82, 2.24) is 10.3 Å². The van der Waals surface area contributed by atoms with Gasteiger partial charge in [0.2, 0.25) is 5.91 Å². The van der Waals surface area contributed by atoms with Gasteiger partial charge in [-0.25, -0.2) is 0 Å². The van der Waals surface area contributed by atoms with Crippen LogP contribution in [0.3, 0.4) is 0 Å². The minimum Gasteiger partial charge on any atom is -0.496 e. The monoisotopic (exact) mass is 335 g/mol. The molecule has 1 aromatic carbocycles. The SMILES string of the molecule is COc1ccc(NC(C)=O)cc1CNC(=O)c1cccnc1.Cl. The number of amides is 2. The second kappa shape index (κ2) is 8.75. The minimum absolute atomic E-state index is 0. The number of methoxy groups -OCH3 is 1. The molecule has 0 fully saturated rings. The maximum absolute atomic E-state index is 12.0. The molecule has 0 atom stereocenters. The summed E-state index contributed by atoms with van der Waals surface area (Å²) in [4.78, 5) is 27.0. The maximum Gasteiger partial charge on any atom is 0.253 e. The molecule has 0 saturated heterocycles. The number of rotatable bonds is 5. The highest BCUT2D eigenvalue weighted by Gasteiger charge is 2.09. The van der Waals surface area contributed by atoms with Crippen LogP contribution in [0.2, 0.25) is 0 Å². The smallest absolute Gasteiger partial charge is 0.253 e. The van der Waals surface area contributed by atoms with Crippen molar-refractivity contribution in [3.8, 4) is 5.75 Å². The maximum atomic E-state index is 12.0. The van der Waals surface area contributed by atoms with Crippen LogP contribution in [0, 0.1) is 0 Å². The molecule has 2 aromatic rings. The van der Waals surface area contributed by atoms with E-state index < -0.39 is 0 Å². The Bertz CT molecular complexity index is 678. The average molecular weight is 336 g/mol. The van der Waals surface area contributed by atoms with Crippen LogP contribution in [0.15, 0.2) is 42.7 Å². The number of anilines is 1. The van der Waals surface area contributed by atoms with Gasteiger partial charge < -0.3 is 15.4 Å². The molecule has 0 saturated carbocycles. The molecule has 7 heteroatoms.